The highest BCUT2D eigenvalue weighted by Crippen LogP contribution is 2.30. The molecule has 7 heteroatoms. The third-order valence-electron chi connectivity index (χ3n) is 2.14. The molecule has 0 saturated heterocycles. The van der Waals surface area contributed by atoms with E-state index in [-0.39, 0.29) is 23.1 Å². The van der Waals surface area contributed by atoms with E-state index in [1.807, 2.05) is 0 Å². The number of benzene rings is 1. The first-order valence-corrected chi connectivity index (χ1v) is 6.29. The second-order valence-corrected chi connectivity index (χ2v) is 4.89. The van der Waals surface area contributed by atoms with Crippen LogP contribution in [0.15, 0.2) is 16.6 Å². The summed E-state index contributed by atoms with van der Waals surface area (Å²) in [6.07, 6.45) is -2.44. The van der Waals surface area contributed by atoms with E-state index in [0.29, 0.717) is 0 Å². The summed E-state index contributed by atoms with van der Waals surface area (Å²) in [5.74, 6) is -1.29. The summed E-state index contributed by atoms with van der Waals surface area (Å²) in [5.41, 5.74) is -0.0157. The molecule has 0 heterocycles. The minimum atomic E-state index is -2.55. The lowest BCUT2D eigenvalue weighted by Crippen LogP contribution is -2.07. The Labute approximate surface area is 115 Å². The molecule has 0 radical (unpaired) electrons. The van der Waals surface area contributed by atoms with E-state index in [4.69, 9.17) is 11.6 Å². The first-order valence-electron chi connectivity index (χ1n) is 5.06. The van der Waals surface area contributed by atoms with Gasteiger partial charge in [0, 0.05) is 12.2 Å². The normalized spacial score (nSPS) is 13.1. The third kappa shape index (κ3) is 4.74. The van der Waals surface area contributed by atoms with Crippen LogP contribution in [0.25, 0.3) is 0 Å². The second-order valence-electron chi connectivity index (χ2n) is 3.51. The highest BCUT2D eigenvalue weighted by molar-refractivity contribution is 9.10. The van der Waals surface area contributed by atoms with Crippen LogP contribution in [-0.4, -0.2) is 19.6 Å². The van der Waals surface area contributed by atoms with Crippen molar-refractivity contribution in [3.8, 4) is 0 Å². The van der Waals surface area contributed by atoms with Crippen LogP contribution in [0.3, 0.4) is 0 Å². The Bertz CT molecular complexity index is 403. The summed E-state index contributed by atoms with van der Waals surface area (Å²) in [5, 5.41) is -0.828. The average molecular weight is 350 g/mol. The molecule has 18 heavy (non-hydrogen) atoms. The van der Waals surface area contributed by atoms with E-state index in [9.17, 15) is 17.6 Å². The average Bonchev–Trinajstić information content (AvgIpc) is 2.28. The molecule has 1 aromatic rings. The highest BCUT2D eigenvalue weighted by Gasteiger charge is 2.16. The first-order chi connectivity index (χ1) is 8.41. The molecule has 0 amide bonds. The molecule has 0 aliphatic rings. The molecule has 0 aromatic heterocycles. The predicted octanol–water partition coefficient (Wildman–Crippen LogP) is 4.68. The van der Waals surface area contributed by atoms with Crippen molar-refractivity contribution >= 4 is 27.5 Å². The van der Waals surface area contributed by atoms with Gasteiger partial charge in [-0.25, -0.2) is 17.6 Å². The number of halogens is 6. The van der Waals surface area contributed by atoms with Crippen molar-refractivity contribution in [2.45, 2.75) is 18.2 Å². The lowest BCUT2D eigenvalue weighted by molar-refractivity contribution is 0.0165. The van der Waals surface area contributed by atoms with E-state index < -0.39 is 30.0 Å². The Morgan fingerprint density at radius 3 is 2.50 bits per heavy atom. The van der Waals surface area contributed by atoms with Gasteiger partial charge >= 0.3 is 0 Å². The monoisotopic (exact) mass is 348 g/mol. The molecule has 1 unspecified atom stereocenters. The van der Waals surface area contributed by atoms with Crippen molar-refractivity contribution < 1.29 is 22.3 Å². The molecular weight excluding hydrogens is 339 g/mol. The van der Waals surface area contributed by atoms with Crippen molar-refractivity contribution in [1.29, 1.82) is 0 Å². The fourth-order valence-electron chi connectivity index (χ4n) is 1.29. The Morgan fingerprint density at radius 2 is 1.89 bits per heavy atom. The van der Waals surface area contributed by atoms with Gasteiger partial charge in [-0.05, 0) is 34.5 Å². The predicted molar refractivity (Wildman–Crippen MR) is 64.1 cm³/mol. The van der Waals surface area contributed by atoms with Crippen LogP contribution in [-0.2, 0) is 4.74 Å². The van der Waals surface area contributed by atoms with E-state index in [1.54, 1.807) is 0 Å². The lowest BCUT2D eigenvalue weighted by Gasteiger charge is -2.12. The molecule has 0 aliphatic carbocycles. The van der Waals surface area contributed by atoms with Gasteiger partial charge in [-0.1, -0.05) is 0 Å². The van der Waals surface area contributed by atoms with Crippen molar-refractivity contribution in [3.63, 3.8) is 0 Å². The van der Waals surface area contributed by atoms with Crippen LogP contribution in [0.5, 0.6) is 0 Å². The van der Waals surface area contributed by atoms with Gasteiger partial charge in [-0.15, -0.1) is 11.6 Å². The Kier molecular flexibility index (Phi) is 6.38. The molecule has 1 aromatic carbocycles. The topological polar surface area (TPSA) is 9.23 Å². The van der Waals surface area contributed by atoms with Crippen LogP contribution in [0, 0.1) is 11.6 Å². The Hall–Kier alpha value is -0.330. The fourth-order valence-corrected chi connectivity index (χ4v) is 1.86. The summed E-state index contributed by atoms with van der Waals surface area (Å²) < 4.78 is 54.9. The molecule has 1 rings (SSSR count). The Morgan fingerprint density at radius 1 is 1.22 bits per heavy atom. The minimum Gasteiger partial charge on any atom is -0.375 e. The number of ether oxygens (including phenoxy) is 1. The maximum absolute atomic E-state index is 13.5. The quantitative estimate of drug-likeness (QED) is 0.314. The third-order valence-corrected chi connectivity index (χ3v) is 3.20. The van der Waals surface area contributed by atoms with Gasteiger partial charge in [0.2, 0.25) is 0 Å². The van der Waals surface area contributed by atoms with E-state index >= 15 is 0 Å². The molecule has 1 atom stereocenters. The number of rotatable bonds is 6. The largest absolute Gasteiger partial charge is 0.375 e. The zero-order valence-electron chi connectivity index (χ0n) is 9.11. The van der Waals surface area contributed by atoms with Crippen molar-refractivity contribution in [1.82, 2.24) is 0 Å². The van der Waals surface area contributed by atoms with Crippen molar-refractivity contribution in [3.05, 3.63) is 33.8 Å². The summed E-state index contributed by atoms with van der Waals surface area (Å²) in [6.45, 7) is -0.740. The van der Waals surface area contributed by atoms with Gasteiger partial charge in [-0.2, -0.15) is 0 Å². The van der Waals surface area contributed by atoms with Crippen LogP contribution >= 0.6 is 27.5 Å². The first kappa shape index (κ1) is 15.7. The lowest BCUT2D eigenvalue weighted by atomic mass is 10.1. The molecule has 0 saturated carbocycles. The molecule has 0 spiro atoms. The van der Waals surface area contributed by atoms with Gasteiger partial charge in [0.25, 0.3) is 6.43 Å². The molecule has 0 N–H and O–H groups in total. The van der Waals surface area contributed by atoms with Crippen molar-refractivity contribution in [2.75, 3.05) is 13.2 Å². The van der Waals surface area contributed by atoms with Crippen molar-refractivity contribution in [2.24, 2.45) is 0 Å². The number of hydrogen-bond donors (Lipinski definition) is 0. The minimum absolute atomic E-state index is 0.00145. The van der Waals surface area contributed by atoms with Gasteiger partial charge in [0.15, 0.2) is 0 Å². The zero-order chi connectivity index (χ0) is 13.7. The number of hydrogen-bond acceptors (Lipinski definition) is 1. The van der Waals surface area contributed by atoms with Gasteiger partial charge in [0.1, 0.15) is 18.2 Å². The standard InChI is InChI=1S/C11H10BrClF4O/c12-7-4-9(14)6(3-10(7)15)8(13)1-2-18-5-11(16)17/h3-4,8,11H,1-2,5H2. The summed E-state index contributed by atoms with van der Waals surface area (Å²) in [6, 6.07) is 1.95. The van der Waals surface area contributed by atoms with Crippen LogP contribution in [0.4, 0.5) is 17.6 Å². The van der Waals surface area contributed by atoms with E-state index in [1.165, 1.54) is 0 Å². The van der Waals surface area contributed by atoms with Gasteiger partial charge < -0.3 is 4.74 Å². The molecule has 1 nitrogen and oxygen atoms in total. The summed E-state index contributed by atoms with van der Waals surface area (Å²) in [7, 11) is 0. The van der Waals surface area contributed by atoms with Gasteiger partial charge in [0.05, 0.1) is 9.85 Å². The van der Waals surface area contributed by atoms with Crippen LogP contribution < -0.4 is 0 Å². The smallest absolute Gasteiger partial charge is 0.261 e. The van der Waals surface area contributed by atoms with Crippen LogP contribution in [0.1, 0.15) is 17.4 Å². The molecule has 0 bridgehead atoms. The summed E-state index contributed by atoms with van der Waals surface area (Å²) in [4.78, 5) is 0. The SMILES string of the molecule is Fc1cc(C(Cl)CCOCC(F)F)c(F)cc1Br. The van der Waals surface area contributed by atoms with Crippen LogP contribution in [0.2, 0.25) is 0 Å². The molecule has 0 fully saturated rings. The van der Waals surface area contributed by atoms with Gasteiger partial charge in [-0.3, -0.25) is 0 Å². The van der Waals surface area contributed by atoms with E-state index in [2.05, 4.69) is 20.7 Å². The fraction of sp³-hybridized carbons (Fsp3) is 0.455. The molecular formula is C11H10BrClF4O. The maximum atomic E-state index is 13.5. The Balaban J connectivity index is 2.56. The summed E-state index contributed by atoms with van der Waals surface area (Å²) >= 11 is 8.70. The molecule has 102 valence electrons. The molecule has 0 aliphatic heterocycles. The maximum Gasteiger partial charge on any atom is 0.261 e. The highest BCUT2D eigenvalue weighted by atomic mass is 79.9. The zero-order valence-corrected chi connectivity index (χ0v) is 11.4. The second kappa shape index (κ2) is 7.31. The number of alkyl halides is 3. The van der Waals surface area contributed by atoms with E-state index in [0.717, 1.165) is 12.1 Å².